The zero-order valence-electron chi connectivity index (χ0n) is 19.6. The number of carbonyl (C=O) groups excluding carboxylic acids is 1. The van der Waals surface area contributed by atoms with Gasteiger partial charge in [0.25, 0.3) is 5.91 Å². The molecular formula is C24H28N6O4S. The molecule has 3 aromatic rings. The van der Waals surface area contributed by atoms with Gasteiger partial charge in [0.1, 0.15) is 5.82 Å². The third-order valence-corrected chi connectivity index (χ3v) is 8.74. The van der Waals surface area contributed by atoms with Gasteiger partial charge in [-0.1, -0.05) is 0 Å². The van der Waals surface area contributed by atoms with E-state index in [0.717, 1.165) is 37.4 Å². The molecular weight excluding hydrogens is 468 g/mol. The summed E-state index contributed by atoms with van der Waals surface area (Å²) in [6.45, 7) is 4.80. The lowest BCUT2D eigenvalue weighted by Gasteiger charge is -2.27. The quantitative estimate of drug-likeness (QED) is 0.572. The van der Waals surface area contributed by atoms with Crippen molar-refractivity contribution in [1.29, 1.82) is 0 Å². The largest absolute Gasteiger partial charge is 0.378 e. The second kappa shape index (κ2) is 8.56. The molecule has 10 nitrogen and oxygen atoms in total. The van der Waals surface area contributed by atoms with Crippen molar-refractivity contribution in [2.24, 2.45) is 0 Å². The Kier molecular flexibility index (Phi) is 5.48. The summed E-state index contributed by atoms with van der Waals surface area (Å²) in [5, 5.41) is 8.31. The number of aromatic nitrogens is 4. The van der Waals surface area contributed by atoms with Crippen LogP contribution in [0.4, 0.5) is 11.5 Å². The van der Waals surface area contributed by atoms with Gasteiger partial charge in [0.2, 0.25) is 0 Å². The van der Waals surface area contributed by atoms with Crippen LogP contribution in [0.2, 0.25) is 0 Å². The Morgan fingerprint density at radius 1 is 1.17 bits per heavy atom. The minimum Gasteiger partial charge on any atom is -0.378 e. The molecule has 1 unspecified atom stereocenters. The topological polar surface area (TPSA) is 119 Å². The summed E-state index contributed by atoms with van der Waals surface area (Å²) in [4.78, 5) is 25.0. The number of amides is 1. The molecule has 0 spiro atoms. The standard InChI is InChI=1S/C24H28N6O4S/c1-15-22-19(24(31)26-17-4-5-21(25-13-17)29-7-9-34-10-8-29)12-20(16-2-3-16)27-23(22)30(28-15)18-6-11-35(32,33)14-18/h4-5,12-13,16,18H,2-3,6-11,14H2,1H3,(H,26,31). The summed E-state index contributed by atoms with van der Waals surface area (Å²) in [5.74, 6) is 1.15. The fourth-order valence-corrected chi connectivity index (χ4v) is 6.65. The number of fused-ring (bicyclic) bond motifs is 1. The van der Waals surface area contributed by atoms with Crippen LogP contribution in [-0.4, -0.2) is 71.9 Å². The molecule has 5 heterocycles. The minimum absolute atomic E-state index is 0.0568. The lowest BCUT2D eigenvalue weighted by molar-refractivity contribution is 0.102. The predicted octanol–water partition coefficient (Wildman–Crippen LogP) is 2.46. The molecule has 2 aliphatic heterocycles. The number of carbonyl (C=O) groups is 1. The molecule has 1 aliphatic carbocycles. The van der Waals surface area contributed by atoms with Crippen molar-refractivity contribution in [3.8, 4) is 0 Å². The van der Waals surface area contributed by atoms with E-state index in [9.17, 15) is 13.2 Å². The summed E-state index contributed by atoms with van der Waals surface area (Å²) in [6.07, 6.45) is 4.26. The van der Waals surface area contributed by atoms with Gasteiger partial charge in [0.05, 0.1) is 59.3 Å². The summed E-state index contributed by atoms with van der Waals surface area (Å²) in [5.41, 5.74) is 3.26. The highest BCUT2D eigenvalue weighted by molar-refractivity contribution is 7.91. The van der Waals surface area contributed by atoms with Crippen LogP contribution in [0.15, 0.2) is 24.4 Å². The first kappa shape index (κ1) is 22.4. The SMILES string of the molecule is Cc1nn(C2CCS(=O)(=O)C2)c2nc(C3CC3)cc(C(=O)Nc3ccc(N4CCOCC4)nc3)c12. The number of morpholine rings is 1. The van der Waals surface area contributed by atoms with Crippen molar-refractivity contribution in [1.82, 2.24) is 19.7 Å². The number of aryl methyl sites for hydroxylation is 1. The monoisotopic (exact) mass is 496 g/mol. The number of rotatable bonds is 5. The van der Waals surface area contributed by atoms with Gasteiger partial charge in [-0.3, -0.25) is 4.79 Å². The zero-order chi connectivity index (χ0) is 24.2. The molecule has 1 amide bonds. The molecule has 2 saturated heterocycles. The van der Waals surface area contributed by atoms with Gasteiger partial charge in [0.15, 0.2) is 15.5 Å². The number of nitrogens with zero attached hydrogens (tertiary/aromatic N) is 5. The molecule has 0 aromatic carbocycles. The Balaban J connectivity index is 1.32. The summed E-state index contributed by atoms with van der Waals surface area (Å²) in [7, 11) is -3.08. The maximum atomic E-state index is 13.5. The van der Waals surface area contributed by atoms with E-state index in [0.29, 0.717) is 53.5 Å². The maximum Gasteiger partial charge on any atom is 0.256 e. The molecule has 11 heteroatoms. The van der Waals surface area contributed by atoms with Crippen LogP contribution < -0.4 is 10.2 Å². The van der Waals surface area contributed by atoms with E-state index in [4.69, 9.17) is 9.72 Å². The Morgan fingerprint density at radius 3 is 2.63 bits per heavy atom. The van der Waals surface area contributed by atoms with Gasteiger partial charge >= 0.3 is 0 Å². The fourth-order valence-electron chi connectivity index (χ4n) is 4.96. The minimum atomic E-state index is -3.08. The summed E-state index contributed by atoms with van der Waals surface area (Å²) < 4.78 is 31.3. The highest BCUT2D eigenvalue weighted by atomic mass is 32.2. The first-order valence-corrected chi connectivity index (χ1v) is 13.9. The van der Waals surface area contributed by atoms with E-state index in [1.54, 1.807) is 10.9 Å². The van der Waals surface area contributed by atoms with E-state index in [-0.39, 0.29) is 23.5 Å². The molecule has 3 fully saturated rings. The van der Waals surface area contributed by atoms with Crippen molar-refractivity contribution in [2.45, 2.75) is 38.1 Å². The van der Waals surface area contributed by atoms with Crippen LogP contribution in [0.25, 0.3) is 11.0 Å². The molecule has 1 saturated carbocycles. The van der Waals surface area contributed by atoms with E-state index >= 15 is 0 Å². The molecule has 35 heavy (non-hydrogen) atoms. The van der Waals surface area contributed by atoms with Gasteiger partial charge < -0.3 is 15.0 Å². The summed E-state index contributed by atoms with van der Waals surface area (Å²) >= 11 is 0. The highest BCUT2D eigenvalue weighted by Crippen LogP contribution is 2.41. The smallest absolute Gasteiger partial charge is 0.256 e. The number of hydrogen-bond acceptors (Lipinski definition) is 8. The second-order valence-corrected chi connectivity index (χ2v) is 11.8. The summed E-state index contributed by atoms with van der Waals surface area (Å²) in [6, 6.07) is 5.37. The molecule has 1 N–H and O–H groups in total. The van der Waals surface area contributed by atoms with Crippen LogP contribution in [0.5, 0.6) is 0 Å². The lowest BCUT2D eigenvalue weighted by Crippen LogP contribution is -2.36. The van der Waals surface area contributed by atoms with E-state index in [2.05, 4.69) is 20.3 Å². The second-order valence-electron chi connectivity index (χ2n) is 9.61. The third kappa shape index (κ3) is 4.38. The lowest BCUT2D eigenvalue weighted by atomic mass is 10.1. The van der Waals surface area contributed by atoms with E-state index in [1.165, 1.54) is 0 Å². The Bertz CT molecular complexity index is 1390. The van der Waals surface area contributed by atoms with Crippen LogP contribution >= 0.6 is 0 Å². The molecule has 1 atom stereocenters. The first-order chi connectivity index (χ1) is 16.9. The Labute approximate surface area is 203 Å². The number of anilines is 2. The van der Waals surface area contributed by atoms with Crippen LogP contribution in [-0.2, 0) is 14.6 Å². The van der Waals surface area contributed by atoms with Gasteiger partial charge in [-0.2, -0.15) is 5.10 Å². The molecule has 3 aromatic heterocycles. The Morgan fingerprint density at radius 2 is 1.97 bits per heavy atom. The number of ether oxygens (including phenoxy) is 1. The van der Waals surface area contributed by atoms with Gasteiger partial charge in [-0.15, -0.1) is 0 Å². The Hall–Kier alpha value is -3.05. The first-order valence-electron chi connectivity index (χ1n) is 12.1. The van der Waals surface area contributed by atoms with E-state index < -0.39 is 9.84 Å². The zero-order valence-corrected chi connectivity index (χ0v) is 20.4. The molecule has 0 radical (unpaired) electrons. The molecule has 6 rings (SSSR count). The van der Waals surface area contributed by atoms with Gasteiger partial charge in [0, 0.05) is 24.7 Å². The third-order valence-electron chi connectivity index (χ3n) is 6.99. The average molecular weight is 497 g/mol. The molecule has 3 aliphatic rings. The van der Waals surface area contributed by atoms with Crippen LogP contribution in [0.1, 0.15) is 53.0 Å². The molecule has 184 valence electrons. The van der Waals surface area contributed by atoms with Crippen LogP contribution in [0, 0.1) is 6.92 Å². The number of hydrogen-bond donors (Lipinski definition) is 1. The van der Waals surface area contributed by atoms with Crippen molar-refractivity contribution < 1.29 is 17.9 Å². The van der Waals surface area contributed by atoms with Crippen molar-refractivity contribution >= 4 is 38.3 Å². The maximum absolute atomic E-state index is 13.5. The highest BCUT2D eigenvalue weighted by Gasteiger charge is 2.34. The van der Waals surface area contributed by atoms with Crippen LogP contribution in [0.3, 0.4) is 0 Å². The normalized spacial score (nSPS) is 22.0. The van der Waals surface area contributed by atoms with Crippen molar-refractivity contribution in [3.05, 3.63) is 41.3 Å². The van der Waals surface area contributed by atoms with Gasteiger partial charge in [-0.05, 0) is 44.4 Å². The predicted molar refractivity (Wildman–Crippen MR) is 132 cm³/mol. The van der Waals surface area contributed by atoms with Gasteiger partial charge in [-0.25, -0.2) is 23.1 Å². The van der Waals surface area contributed by atoms with Crippen molar-refractivity contribution in [3.63, 3.8) is 0 Å². The fraction of sp³-hybridized carbons (Fsp3) is 0.500. The number of sulfone groups is 1. The van der Waals surface area contributed by atoms with E-state index in [1.807, 2.05) is 25.1 Å². The van der Waals surface area contributed by atoms with Crippen molar-refractivity contribution in [2.75, 3.05) is 48.0 Å². The average Bonchev–Trinajstić information content (AvgIpc) is 3.58. The number of nitrogens with one attached hydrogen (secondary N) is 1. The number of pyridine rings is 2. The molecule has 0 bridgehead atoms.